The normalized spacial score (nSPS) is 15.6. The van der Waals surface area contributed by atoms with Gasteiger partial charge in [-0.25, -0.2) is 0 Å². The number of nitrogens with zero attached hydrogens (tertiary/aromatic N) is 1. The van der Waals surface area contributed by atoms with Crippen LogP contribution in [0.3, 0.4) is 0 Å². The van der Waals surface area contributed by atoms with Gasteiger partial charge in [0.1, 0.15) is 22.3 Å². The van der Waals surface area contributed by atoms with Crippen LogP contribution in [0.1, 0.15) is 83.6 Å². The molecule has 0 bridgehead atoms. The third-order valence-corrected chi connectivity index (χ3v) is 14.1. The molecule has 12 rings (SSSR count). The first-order valence-electron chi connectivity index (χ1n) is 21.5. The van der Waals surface area contributed by atoms with Crippen LogP contribution in [-0.2, 0) is 16.2 Å². The fraction of sp³-hybridized carbons (Fsp3) is 0.236. The van der Waals surface area contributed by atoms with Gasteiger partial charge >= 0.3 is 0 Å². The second-order valence-corrected chi connectivity index (χ2v) is 20.0. The molecule has 0 amide bonds. The maximum Gasteiger partial charge on any atom is 0.198 e. The number of anilines is 2. The summed E-state index contributed by atoms with van der Waals surface area (Å²) >= 11 is 0. The van der Waals surface area contributed by atoms with Crippen molar-refractivity contribution in [2.45, 2.75) is 84.5 Å². The molecule has 3 aromatic heterocycles. The second-order valence-electron chi connectivity index (χ2n) is 20.0. The van der Waals surface area contributed by atoms with Crippen LogP contribution in [0.4, 0.5) is 11.4 Å². The van der Waals surface area contributed by atoms with Gasteiger partial charge in [-0.3, -0.25) is 0 Å². The molecule has 0 atom stereocenters. The van der Waals surface area contributed by atoms with Gasteiger partial charge < -0.3 is 18.7 Å². The summed E-state index contributed by atoms with van der Waals surface area (Å²) in [5.74, 6) is 0. The summed E-state index contributed by atoms with van der Waals surface area (Å²) in [6.45, 7) is 18.8. The Morgan fingerprint density at radius 1 is 0.617 bits per heavy atom. The summed E-state index contributed by atoms with van der Waals surface area (Å²) in [5, 5.41) is 11.0. The van der Waals surface area contributed by atoms with Crippen LogP contribution in [0.2, 0.25) is 0 Å². The highest BCUT2D eigenvalue weighted by Crippen LogP contribution is 2.50. The number of hydrogen-bond donors (Lipinski definition) is 1. The van der Waals surface area contributed by atoms with Crippen LogP contribution in [0.25, 0.3) is 82.5 Å². The van der Waals surface area contributed by atoms with E-state index in [0.717, 1.165) is 84.8 Å². The van der Waals surface area contributed by atoms with Crippen molar-refractivity contribution in [3.05, 3.63) is 138 Å². The van der Waals surface area contributed by atoms with E-state index >= 15 is 0 Å². The Hall–Kier alpha value is -6.20. The standard InChI is InChI=1S/C55H48BN2O2/c1-30-23-38(35-25-40-41(55(7,8)22-21-54(40,5)6)27-43(35)57-32-19-17-31(18-20-32)53(2,3)4)51-52-50(30)39-24-36-33-13-9-11-15-46(33)60-49(36)29-44(39)58(52)45-26-37-34-14-10-12-16-47(34)59-48(37)28-42(45)56-51/h9-20,23-29,57H,21-22H2,1-8H3. The van der Waals surface area contributed by atoms with E-state index in [1.807, 2.05) is 0 Å². The Balaban J connectivity index is 1.18. The molecule has 0 unspecified atom stereocenters. The molecule has 1 radical (unpaired) electrons. The second kappa shape index (κ2) is 12.0. The summed E-state index contributed by atoms with van der Waals surface area (Å²) in [5.41, 5.74) is 19.8. The Bertz CT molecular complexity index is 3480. The zero-order valence-electron chi connectivity index (χ0n) is 35.7. The van der Waals surface area contributed by atoms with Crippen molar-refractivity contribution in [1.82, 2.24) is 4.57 Å². The summed E-state index contributed by atoms with van der Waals surface area (Å²) < 4.78 is 15.6. The van der Waals surface area contributed by atoms with Gasteiger partial charge in [-0.2, -0.15) is 0 Å². The predicted octanol–water partition coefficient (Wildman–Crippen LogP) is 13.9. The Morgan fingerprint density at radius 3 is 1.90 bits per heavy atom. The smallest absolute Gasteiger partial charge is 0.198 e. The first kappa shape index (κ1) is 35.7. The summed E-state index contributed by atoms with van der Waals surface area (Å²) in [6, 6.07) is 42.6. The number of para-hydroxylation sites is 2. The minimum absolute atomic E-state index is 0.0395. The highest BCUT2D eigenvalue weighted by Gasteiger charge is 2.39. The van der Waals surface area contributed by atoms with Gasteiger partial charge in [-0.15, -0.1) is 0 Å². The number of benzene rings is 7. The summed E-state index contributed by atoms with van der Waals surface area (Å²) in [4.78, 5) is 0. The van der Waals surface area contributed by atoms with E-state index in [-0.39, 0.29) is 16.2 Å². The van der Waals surface area contributed by atoms with Crippen molar-refractivity contribution in [3.63, 3.8) is 0 Å². The molecule has 5 heteroatoms. The molecule has 0 saturated carbocycles. The summed E-state index contributed by atoms with van der Waals surface area (Å²) in [7, 11) is 2.42. The average molecular weight is 780 g/mol. The van der Waals surface area contributed by atoms with Gasteiger partial charge in [0.25, 0.3) is 0 Å². The molecule has 2 aliphatic rings. The number of rotatable bonds is 3. The van der Waals surface area contributed by atoms with Gasteiger partial charge in [0.2, 0.25) is 0 Å². The van der Waals surface area contributed by atoms with Crippen LogP contribution < -0.4 is 16.2 Å². The van der Waals surface area contributed by atoms with Crippen LogP contribution >= 0.6 is 0 Å². The molecule has 60 heavy (non-hydrogen) atoms. The molecule has 10 aromatic rings. The molecule has 0 fully saturated rings. The van der Waals surface area contributed by atoms with E-state index < -0.39 is 0 Å². The van der Waals surface area contributed by atoms with Gasteiger partial charge in [0, 0.05) is 66.5 Å². The highest BCUT2D eigenvalue weighted by atomic mass is 16.3. The molecule has 0 spiro atoms. The van der Waals surface area contributed by atoms with Crippen molar-refractivity contribution >= 4 is 95.3 Å². The molecular formula is C55H48BN2O2. The Labute approximate surface area is 351 Å². The van der Waals surface area contributed by atoms with Crippen LogP contribution in [0.15, 0.2) is 124 Å². The highest BCUT2D eigenvalue weighted by molar-refractivity contribution is 6.73. The van der Waals surface area contributed by atoms with Crippen LogP contribution in [-0.4, -0.2) is 11.8 Å². The Kier molecular flexibility index (Phi) is 7.13. The maximum atomic E-state index is 6.57. The fourth-order valence-electron chi connectivity index (χ4n) is 10.7. The monoisotopic (exact) mass is 779 g/mol. The van der Waals surface area contributed by atoms with E-state index in [0.29, 0.717) is 0 Å². The number of furan rings is 2. The van der Waals surface area contributed by atoms with Gasteiger partial charge in [-0.05, 0) is 124 Å². The van der Waals surface area contributed by atoms with Crippen LogP contribution in [0, 0.1) is 6.92 Å². The average Bonchev–Trinajstić information content (AvgIpc) is 3.88. The van der Waals surface area contributed by atoms with Crippen molar-refractivity contribution < 1.29 is 8.83 Å². The minimum atomic E-state index is 0.0395. The number of fused-ring (bicyclic) bond motifs is 12. The molecule has 1 aliphatic carbocycles. The zero-order valence-corrected chi connectivity index (χ0v) is 35.7. The molecular weight excluding hydrogens is 731 g/mol. The van der Waals surface area contributed by atoms with Crippen LogP contribution in [0.5, 0.6) is 0 Å². The molecule has 1 aliphatic heterocycles. The number of aryl methyl sites for hydroxylation is 1. The van der Waals surface area contributed by atoms with Crippen molar-refractivity contribution in [1.29, 1.82) is 0 Å². The lowest BCUT2D eigenvalue weighted by Crippen LogP contribution is -2.37. The first-order valence-corrected chi connectivity index (χ1v) is 21.5. The fourth-order valence-corrected chi connectivity index (χ4v) is 10.7. The van der Waals surface area contributed by atoms with Crippen molar-refractivity contribution in [3.8, 4) is 16.8 Å². The molecule has 293 valence electrons. The number of aromatic nitrogens is 1. The molecule has 7 aromatic carbocycles. The van der Waals surface area contributed by atoms with E-state index in [9.17, 15) is 0 Å². The quantitative estimate of drug-likeness (QED) is 0.182. The Morgan fingerprint density at radius 2 is 1.23 bits per heavy atom. The third kappa shape index (κ3) is 5.04. The molecule has 0 saturated heterocycles. The molecule has 1 N–H and O–H groups in total. The van der Waals surface area contributed by atoms with Gasteiger partial charge in [-0.1, -0.05) is 109 Å². The van der Waals surface area contributed by atoms with E-state index in [1.54, 1.807) is 0 Å². The zero-order chi connectivity index (χ0) is 41.0. The van der Waals surface area contributed by atoms with Gasteiger partial charge in [0.15, 0.2) is 7.28 Å². The molecule has 4 heterocycles. The lowest BCUT2D eigenvalue weighted by atomic mass is 9.58. The SMILES string of the molecule is Cc1cc(-c2cc3c(cc2Nc2ccc(C(C)(C)C)cc2)C(C)(C)CCC3(C)C)c2c3c1c1cc4c(cc1n3-c1cc3c(cc1[B]2)oc1ccccc13)oc1ccccc14. The van der Waals surface area contributed by atoms with Gasteiger partial charge in [0.05, 0.1) is 5.52 Å². The lowest BCUT2D eigenvalue weighted by molar-refractivity contribution is 0.332. The minimum Gasteiger partial charge on any atom is -0.456 e. The van der Waals surface area contributed by atoms with E-state index in [1.165, 1.54) is 55.1 Å². The number of nitrogens with one attached hydrogen (secondary N) is 1. The molecule has 4 nitrogen and oxygen atoms in total. The summed E-state index contributed by atoms with van der Waals surface area (Å²) in [6.07, 6.45) is 2.30. The predicted molar refractivity (Wildman–Crippen MR) is 254 cm³/mol. The lowest BCUT2D eigenvalue weighted by Gasteiger charge is -2.42. The van der Waals surface area contributed by atoms with E-state index in [2.05, 4.69) is 188 Å². The van der Waals surface area contributed by atoms with Crippen molar-refractivity contribution in [2.24, 2.45) is 0 Å². The maximum absolute atomic E-state index is 6.57. The largest absolute Gasteiger partial charge is 0.456 e. The third-order valence-electron chi connectivity index (χ3n) is 14.1. The first-order chi connectivity index (χ1) is 28.7. The number of hydrogen-bond acceptors (Lipinski definition) is 3. The van der Waals surface area contributed by atoms with E-state index in [4.69, 9.17) is 8.83 Å². The van der Waals surface area contributed by atoms with Crippen molar-refractivity contribution in [2.75, 3.05) is 5.32 Å². The topological polar surface area (TPSA) is 43.2 Å².